The van der Waals surface area contributed by atoms with Crippen LogP contribution in [0.2, 0.25) is 0 Å². The van der Waals surface area contributed by atoms with Gasteiger partial charge in [-0.05, 0) is 25.3 Å². The monoisotopic (exact) mass is 212 g/mol. The van der Waals surface area contributed by atoms with Crippen LogP contribution >= 0.6 is 0 Å². The molecule has 3 heteroatoms. The Morgan fingerprint density at radius 2 is 2.00 bits per heavy atom. The second kappa shape index (κ2) is 6.83. The highest BCUT2D eigenvalue weighted by Gasteiger charge is 2.24. The number of hydrogen-bond donors (Lipinski definition) is 2. The number of hydrogen-bond acceptors (Lipinski definition) is 2. The van der Waals surface area contributed by atoms with Crippen LogP contribution in [0.1, 0.15) is 46.0 Å². The molecule has 0 aromatic rings. The van der Waals surface area contributed by atoms with Gasteiger partial charge in [-0.2, -0.15) is 0 Å². The smallest absolute Gasteiger partial charge is 0.234 e. The summed E-state index contributed by atoms with van der Waals surface area (Å²) in [5.41, 5.74) is 0. The van der Waals surface area contributed by atoms with Gasteiger partial charge in [0.15, 0.2) is 0 Å². The Morgan fingerprint density at radius 1 is 1.27 bits per heavy atom. The fourth-order valence-electron chi connectivity index (χ4n) is 2.38. The van der Waals surface area contributed by atoms with Crippen molar-refractivity contribution < 1.29 is 4.79 Å². The molecule has 0 radical (unpaired) electrons. The van der Waals surface area contributed by atoms with Crippen LogP contribution in [0.25, 0.3) is 0 Å². The largest absolute Gasteiger partial charge is 0.352 e. The van der Waals surface area contributed by atoms with Gasteiger partial charge in [-0.1, -0.05) is 33.1 Å². The predicted octanol–water partition coefficient (Wildman–Crippen LogP) is 1.68. The van der Waals surface area contributed by atoms with Gasteiger partial charge in [-0.3, -0.25) is 4.79 Å². The molecular formula is C12H24N2O. The summed E-state index contributed by atoms with van der Waals surface area (Å²) >= 11 is 0. The number of carbonyl (C=O) groups excluding carboxylic acids is 1. The highest BCUT2D eigenvalue weighted by molar-refractivity contribution is 5.78. The van der Waals surface area contributed by atoms with Gasteiger partial charge in [0.1, 0.15) is 0 Å². The minimum Gasteiger partial charge on any atom is -0.352 e. The second-order valence-electron chi connectivity index (χ2n) is 4.41. The van der Waals surface area contributed by atoms with Gasteiger partial charge in [0.05, 0.1) is 6.54 Å². The van der Waals surface area contributed by atoms with E-state index in [1.807, 2.05) is 6.92 Å². The lowest BCUT2D eigenvalue weighted by Crippen LogP contribution is -2.45. The molecule has 1 fully saturated rings. The quantitative estimate of drug-likeness (QED) is 0.728. The molecule has 0 heterocycles. The first-order valence-electron chi connectivity index (χ1n) is 6.28. The predicted molar refractivity (Wildman–Crippen MR) is 62.7 cm³/mol. The molecule has 1 amide bonds. The van der Waals surface area contributed by atoms with Crippen molar-refractivity contribution in [3.05, 3.63) is 0 Å². The molecule has 2 unspecified atom stereocenters. The van der Waals surface area contributed by atoms with Gasteiger partial charge in [0.25, 0.3) is 0 Å². The van der Waals surface area contributed by atoms with E-state index in [0.29, 0.717) is 18.5 Å². The van der Waals surface area contributed by atoms with Crippen LogP contribution in [-0.2, 0) is 4.79 Å². The molecule has 1 aliphatic carbocycles. The summed E-state index contributed by atoms with van der Waals surface area (Å²) in [6.45, 7) is 5.56. The average molecular weight is 212 g/mol. The summed E-state index contributed by atoms with van der Waals surface area (Å²) in [5.74, 6) is 0.853. The van der Waals surface area contributed by atoms with Crippen molar-refractivity contribution in [2.24, 2.45) is 5.92 Å². The molecule has 0 bridgehead atoms. The summed E-state index contributed by atoms with van der Waals surface area (Å²) in [7, 11) is 0. The molecule has 0 aliphatic heterocycles. The zero-order valence-electron chi connectivity index (χ0n) is 10.0. The minimum absolute atomic E-state index is 0.155. The van der Waals surface area contributed by atoms with Gasteiger partial charge in [-0.15, -0.1) is 0 Å². The van der Waals surface area contributed by atoms with Crippen LogP contribution in [0.15, 0.2) is 0 Å². The van der Waals surface area contributed by atoms with Crippen molar-refractivity contribution in [2.75, 3.05) is 13.1 Å². The molecule has 1 rings (SSSR count). The molecule has 1 saturated carbocycles. The summed E-state index contributed by atoms with van der Waals surface area (Å²) in [6, 6.07) is 0.426. The Balaban J connectivity index is 2.30. The first-order valence-corrected chi connectivity index (χ1v) is 6.28. The maximum Gasteiger partial charge on any atom is 0.234 e. The first kappa shape index (κ1) is 12.5. The Kier molecular flexibility index (Phi) is 5.69. The third-order valence-corrected chi connectivity index (χ3v) is 3.32. The SMILES string of the molecule is CCNCC(=O)NC1CCCCC1CC. The summed E-state index contributed by atoms with van der Waals surface area (Å²) in [5, 5.41) is 6.21. The zero-order valence-corrected chi connectivity index (χ0v) is 10.0. The lowest BCUT2D eigenvalue weighted by Gasteiger charge is -2.31. The molecule has 2 atom stereocenters. The van der Waals surface area contributed by atoms with Gasteiger partial charge in [0.2, 0.25) is 5.91 Å². The van der Waals surface area contributed by atoms with Gasteiger partial charge >= 0.3 is 0 Å². The molecular weight excluding hydrogens is 188 g/mol. The first-order chi connectivity index (χ1) is 7.27. The van der Waals surface area contributed by atoms with Crippen molar-refractivity contribution in [3.63, 3.8) is 0 Å². The van der Waals surface area contributed by atoms with E-state index in [-0.39, 0.29) is 5.91 Å². The van der Waals surface area contributed by atoms with Crippen LogP contribution in [0.5, 0.6) is 0 Å². The summed E-state index contributed by atoms with van der Waals surface area (Å²) in [4.78, 5) is 11.6. The average Bonchev–Trinajstić information content (AvgIpc) is 2.27. The van der Waals surface area contributed by atoms with E-state index in [1.54, 1.807) is 0 Å². The van der Waals surface area contributed by atoms with Crippen molar-refractivity contribution in [1.82, 2.24) is 10.6 Å². The Morgan fingerprint density at radius 3 is 2.67 bits per heavy atom. The molecule has 15 heavy (non-hydrogen) atoms. The van der Waals surface area contributed by atoms with E-state index in [4.69, 9.17) is 0 Å². The van der Waals surface area contributed by atoms with Gasteiger partial charge < -0.3 is 10.6 Å². The highest BCUT2D eigenvalue weighted by Crippen LogP contribution is 2.26. The van der Waals surface area contributed by atoms with Crippen LogP contribution < -0.4 is 10.6 Å². The molecule has 3 nitrogen and oxygen atoms in total. The van der Waals surface area contributed by atoms with E-state index in [9.17, 15) is 4.79 Å². The second-order valence-corrected chi connectivity index (χ2v) is 4.41. The van der Waals surface area contributed by atoms with Crippen molar-refractivity contribution in [3.8, 4) is 0 Å². The fourth-order valence-corrected chi connectivity index (χ4v) is 2.38. The number of nitrogens with one attached hydrogen (secondary N) is 2. The Hall–Kier alpha value is -0.570. The van der Waals surface area contributed by atoms with Crippen LogP contribution in [0.3, 0.4) is 0 Å². The van der Waals surface area contributed by atoms with E-state index in [0.717, 1.165) is 13.0 Å². The van der Waals surface area contributed by atoms with E-state index in [1.165, 1.54) is 25.7 Å². The van der Waals surface area contributed by atoms with Crippen LogP contribution in [0, 0.1) is 5.92 Å². The van der Waals surface area contributed by atoms with E-state index in [2.05, 4.69) is 17.6 Å². The summed E-state index contributed by atoms with van der Waals surface area (Å²) < 4.78 is 0. The maximum atomic E-state index is 11.6. The maximum absolute atomic E-state index is 11.6. The number of likely N-dealkylation sites (N-methyl/N-ethyl adjacent to an activating group) is 1. The number of carbonyl (C=O) groups is 1. The molecule has 0 aromatic carbocycles. The fraction of sp³-hybridized carbons (Fsp3) is 0.917. The van der Waals surface area contributed by atoms with Gasteiger partial charge in [-0.25, -0.2) is 0 Å². The molecule has 1 aliphatic rings. The van der Waals surface area contributed by atoms with Crippen LogP contribution in [0.4, 0.5) is 0 Å². The third-order valence-electron chi connectivity index (χ3n) is 3.32. The Bertz CT molecular complexity index is 194. The number of amides is 1. The number of rotatable bonds is 5. The lowest BCUT2D eigenvalue weighted by molar-refractivity contribution is -0.121. The lowest BCUT2D eigenvalue weighted by atomic mass is 9.83. The third kappa shape index (κ3) is 4.20. The molecule has 0 aromatic heterocycles. The van der Waals surface area contributed by atoms with Crippen LogP contribution in [-0.4, -0.2) is 25.0 Å². The standard InChI is InChI=1S/C12H24N2O/c1-3-10-7-5-6-8-11(10)14-12(15)9-13-4-2/h10-11,13H,3-9H2,1-2H3,(H,14,15). The molecule has 88 valence electrons. The Labute approximate surface area is 93.0 Å². The molecule has 0 saturated heterocycles. The van der Waals surface area contributed by atoms with E-state index >= 15 is 0 Å². The van der Waals surface area contributed by atoms with Crippen molar-refractivity contribution in [2.45, 2.75) is 52.0 Å². The highest BCUT2D eigenvalue weighted by atomic mass is 16.1. The van der Waals surface area contributed by atoms with Gasteiger partial charge in [0, 0.05) is 6.04 Å². The minimum atomic E-state index is 0.155. The molecule has 2 N–H and O–H groups in total. The molecule has 0 spiro atoms. The topological polar surface area (TPSA) is 41.1 Å². The summed E-state index contributed by atoms with van der Waals surface area (Å²) in [6.07, 6.45) is 6.23. The van der Waals surface area contributed by atoms with Crippen molar-refractivity contribution >= 4 is 5.91 Å². The van der Waals surface area contributed by atoms with E-state index < -0.39 is 0 Å². The normalized spacial score (nSPS) is 26.3. The van der Waals surface area contributed by atoms with Crippen molar-refractivity contribution in [1.29, 1.82) is 0 Å². The zero-order chi connectivity index (χ0) is 11.1.